The van der Waals surface area contributed by atoms with Crippen molar-refractivity contribution in [3.8, 4) is 23.3 Å². The highest BCUT2D eigenvalue weighted by Crippen LogP contribution is 2.41. The number of ether oxygens (including phenoxy) is 3. The molecule has 1 aliphatic heterocycles. The van der Waals surface area contributed by atoms with Crippen LogP contribution in [-0.4, -0.2) is 52.5 Å². The highest BCUT2D eigenvalue weighted by atomic mass is 32.2. The monoisotopic (exact) mass is 431 g/mol. The SMILES string of the molecule is COc1ccc2c(c1)CCN2c1nc(OS(C)(=O)=O)nc2cc(OC)c(OC)cc12. The average molecular weight is 431 g/mol. The van der Waals surface area contributed by atoms with Gasteiger partial charge in [0.15, 0.2) is 11.5 Å². The Morgan fingerprint density at radius 3 is 2.37 bits per heavy atom. The van der Waals surface area contributed by atoms with Crippen LogP contribution in [-0.2, 0) is 16.5 Å². The third-order valence-electron chi connectivity index (χ3n) is 4.82. The van der Waals surface area contributed by atoms with Crippen LogP contribution in [0.2, 0.25) is 0 Å². The maximum atomic E-state index is 11.7. The number of benzene rings is 2. The molecule has 0 unspecified atom stereocenters. The fourth-order valence-corrected chi connectivity index (χ4v) is 3.87. The van der Waals surface area contributed by atoms with Crippen molar-refractivity contribution in [3.63, 3.8) is 0 Å². The van der Waals surface area contributed by atoms with Crippen molar-refractivity contribution in [3.05, 3.63) is 35.9 Å². The summed E-state index contributed by atoms with van der Waals surface area (Å²) in [6, 6.07) is 8.99. The van der Waals surface area contributed by atoms with Crippen LogP contribution < -0.4 is 23.3 Å². The molecular formula is C20H21N3O6S. The van der Waals surface area contributed by atoms with E-state index in [4.69, 9.17) is 18.4 Å². The first-order valence-corrected chi connectivity index (χ1v) is 10.9. The van der Waals surface area contributed by atoms with E-state index in [0.717, 1.165) is 29.7 Å². The molecule has 0 saturated heterocycles. The largest absolute Gasteiger partial charge is 0.497 e. The zero-order valence-corrected chi connectivity index (χ0v) is 17.8. The third-order valence-corrected chi connectivity index (χ3v) is 5.28. The fraction of sp³-hybridized carbons (Fsp3) is 0.300. The summed E-state index contributed by atoms with van der Waals surface area (Å²) in [4.78, 5) is 10.7. The Morgan fingerprint density at radius 1 is 0.967 bits per heavy atom. The zero-order chi connectivity index (χ0) is 21.5. The average Bonchev–Trinajstić information content (AvgIpc) is 3.13. The highest BCUT2D eigenvalue weighted by Gasteiger charge is 2.26. The molecule has 1 aromatic heterocycles. The lowest BCUT2D eigenvalue weighted by molar-refractivity contribution is 0.355. The predicted octanol–water partition coefficient (Wildman–Crippen LogP) is 2.69. The van der Waals surface area contributed by atoms with Gasteiger partial charge in [0.25, 0.3) is 0 Å². The Balaban J connectivity index is 1.94. The van der Waals surface area contributed by atoms with E-state index in [9.17, 15) is 8.42 Å². The smallest absolute Gasteiger partial charge is 0.335 e. The summed E-state index contributed by atoms with van der Waals surface area (Å²) in [6.07, 6.45) is 1.74. The van der Waals surface area contributed by atoms with E-state index in [1.807, 2.05) is 23.1 Å². The van der Waals surface area contributed by atoms with Gasteiger partial charge in [0.1, 0.15) is 11.6 Å². The molecule has 30 heavy (non-hydrogen) atoms. The van der Waals surface area contributed by atoms with Crippen LogP contribution >= 0.6 is 0 Å². The van der Waals surface area contributed by atoms with Crippen molar-refractivity contribution in [2.45, 2.75) is 6.42 Å². The summed E-state index contributed by atoms with van der Waals surface area (Å²) in [5, 5.41) is 0.678. The van der Waals surface area contributed by atoms with E-state index in [-0.39, 0.29) is 6.01 Å². The first-order valence-electron chi connectivity index (χ1n) is 9.10. The fourth-order valence-electron chi connectivity index (χ4n) is 3.52. The molecule has 4 rings (SSSR count). The van der Waals surface area contributed by atoms with Crippen LogP contribution in [0.3, 0.4) is 0 Å². The highest BCUT2D eigenvalue weighted by molar-refractivity contribution is 7.86. The Morgan fingerprint density at radius 2 is 1.70 bits per heavy atom. The maximum Gasteiger partial charge on any atom is 0.335 e. The van der Waals surface area contributed by atoms with Gasteiger partial charge in [-0.25, -0.2) is 0 Å². The number of hydrogen-bond acceptors (Lipinski definition) is 9. The summed E-state index contributed by atoms with van der Waals surface area (Å²) >= 11 is 0. The van der Waals surface area contributed by atoms with Gasteiger partial charge in [-0.05, 0) is 36.2 Å². The van der Waals surface area contributed by atoms with Crippen LogP contribution in [0, 0.1) is 0 Å². The van der Waals surface area contributed by atoms with E-state index in [0.29, 0.717) is 34.8 Å². The van der Waals surface area contributed by atoms with Crippen molar-refractivity contribution in [1.29, 1.82) is 0 Å². The number of rotatable bonds is 6. The maximum absolute atomic E-state index is 11.7. The first-order chi connectivity index (χ1) is 14.3. The van der Waals surface area contributed by atoms with Gasteiger partial charge in [-0.1, -0.05) is 0 Å². The van der Waals surface area contributed by atoms with Crippen LogP contribution in [0.25, 0.3) is 10.9 Å². The number of methoxy groups -OCH3 is 3. The molecule has 0 radical (unpaired) electrons. The minimum Gasteiger partial charge on any atom is -0.497 e. The van der Waals surface area contributed by atoms with Crippen molar-refractivity contribution < 1.29 is 26.8 Å². The lowest BCUT2D eigenvalue weighted by atomic mass is 10.1. The lowest BCUT2D eigenvalue weighted by Crippen LogP contribution is -2.17. The van der Waals surface area contributed by atoms with Gasteiger partial charge in [-0.3, -0.25) is 0 Å². The molecule has 0 fully saturated rings. The zero-order valence-electron chi connectivity index (χ0n) is 17.0. The summed E-state index contributed by atoms with van der Waals surface area (Å²) in [6.45, 7) is 0.654. The van der Waals surface area contributed by atoms with Crippen LogP contribution in [0.5, 0.6) is 23.3 Å². The Labute approximate surface area is 174 Å². The van der Waals surface area contributed by atoms with Gasteiger partial charge >= 0.3 is 16.1 Å². The topological polar surface area (TPSA) is 100 Å². The van der Waals surface area contributed by atoms with Gasteiger partial charge in [0, 0.05) is 23.7 Å². The van der Waals surface area contributed by atoms with Crippen molar-refractivity contribution in [2.75, 3.05) is 39.0 Å². The number of nitrogens with zero attached hydrogens (tertiary/aromatic N) is 3. The second-order valence-electron chi connectivity index (χ2n) is 6.74. The van der Waals surface area contributed by atoms with E-state index < -0.39 is 10.1 Å². The van der Waals surface area contributed by atoms with Gasteiger partial charge < -0.3 is 23.3 Å². The van der Waals surface area contributed by atoms with Crippen LogP contribution in [0.15, 0.2) is 30.3 Å². The molecule has 0 bridgehead atoms. The molecule has 0 amide bonds. The molecular weight excluding hydrogens is 410 g/mol. The normalized spacial score (nSPS) is 13.3. The van der Waals surface area contributed by atoms with Crippen molar-refractivity contribution in [1.82, 2.24) is 9.97 Å². The molecule has 0 atom stereocenters. The van der Waals surface area contributed by atoms with Crippen molar-refractivity contribution in [2.24, 2.45) is 0 Å². The summed E-state index contributed by atoms with van der Waals surface area (Å²) < 4.78 is 44.5. The molecule has 0 saturated carbocycles. The number of fused-ring (bicyclic) bond motifs is 2. The standard InChI is InChI=1S/C20H21N3O6S/c1-26-13-5-6-16-12(9-13)7-8-23(16)19-14-10-17(27-2)18(28-3)11-15(14)21-20(22-19)29-30(4,24)25/h5-6,9-11H,7-8H2,1-4H3. The lowest BCUT2D eigenvalue weighted by Gasteiger charge is -2.21. The Hall–Kier alpha value is -3.27. The molecule has 3 aromatic rings. The van der Waals surface area contributed by atoms with Crippen LogP contribution in [0.4, 0.5) is 11.5 Å². The Kier molecular flexibility index (Phi) is 5.02. The first kappa shape index (κ1) is 20.0. The van der Waals surface area contributed by atoms with Gasteiger partial charge in [-0.15, -0.1) is 0 Å². The van der Waals surface area contributed by atoms with Gasteiger partial charge in [0.2, 0.25) is 0 Å². The molecule has 9 nitrogen and oxygen atoms in total. The summed E-state index contributed by atoms with van der Waals surface area (Å²) in [5.41, 5.74) is 2.53. The van der Waals surface area contributed by atoms with Crippen LogP contribution in [0.1, 0.15) is 5.56 Å². The predicted molar refractivity (Wildman–Crippen MR) is 112 cm³/mol. The quantitative estimate of drug-likeness (QED) is 0.545. The van der Waals surface area contributed by atoms with Gasteiger partial charge in [-0.2, -0.15) is 18.4 Å². The molecule has 2 aromatic carbocycles. The second kappa shape index (κ2) is 7.52. The third kappa shape index (κ3) is 3.65. The van der Waals surface area contributed by atoms with Gasteiger partial charge in [0.05, 0.1) is 33.1 Å². The molecule has 1 aliphatic rings. The molecule has 10 heteroatoms. The van der Waals surface area contributed by atoms with E-state index >= 15 is 0 Å². The van der Waals surface area contributed by atoms with E-state index in [1.54, 1.807) is 26.4 Å². The summed E-state index contributed by atoms with van der Waals surface area (Å²) in [7, 11) is 0.888. The molecule has 158 valence electrons. The Bertz CT molecular complexity index is 1230. The van der Waals surface area contributed by atoms with E-state index in [2.05, 4.69) is 9.97 Å². The number of hydrogen-bond donors (Lipinski definition) is 0. The molecule has 0 spiro atoms. The molecule has 2 heterocycles. The number of aromatic nitrogens is 2. The number of anilines is 2. The minimum atomic E-state index is -3.80. The second-order valence-corrected chi connectivity index (χ2v) is 8.31. The molecule has 0 N–H and O–H groups in total. The summed E-state index contributed by atoms with van der Waals surface area (Å²) in [5.74, 6) is 2.27. The van der Waals surface area contributed by atoms with E-state index in [1.165, 1.54) is 7.11 Å². The molecule has 0 aliphatic carbocycles. The van der Waals surface area contributed by atoms with Crippen molar-refractivity contribution >= 4 is 32.5 Å². The minimum absolute atomic E-state index is 0.255.